The average Bonchev–Trinajstić information content (AvgIpc) is 2.32. The minimum atomic E-state index is -0.837. The highest BCUT2D eigenvalue weighted by molar-refractivity contribution is 9.70. The van der Waals surface area contributed by atoms with Crippen LogP contribution in [0.4, 0.5) is 4.39 Å². The van der Waals surface area contributed by atoms with E-state index in [4.69, 9.17) is 4.74 Å². The molecule has 0 fully saturated rings. The fraction of sp³-hybridized carbons (Fsp3) is 0. The fourth-order valence-corrected chi connectivity index (χ4v) is 3.40. The molecule has 0 radical (unpaired) electrons. The van der Waals surface area contributed by atoms with Gasteiger partial charge in [0.05, 0.1) is 5.33 Å². The van der Waals surface area contributed by atoms with Crippen molar-refractivity contribution >= 4 is 41.6 Å². The van der Waals surface area contributed by atoms with Crippen LogP contribution in [0.2, 0.25) is 0 Å². The monoisotopic (exact) mass is 376 g/mol. The van der Waals surface area contributed by atoms with E-state index in [2.05, 4.69) is 31.0 Å². The number of benzene rings is 2. The first-order chi connectivity index (χ1) is 8.16. The molecule has 0 aliphatic carbocycles. The molecule has 0 N–H and O–H groups in total. The summed E-state index contributed by atoms with van der Waals surface area (Å²) in [4.78, 5) is 0. The van der Waals surface area contributed by atoms with Crippen molar-refractivity contribution in [2.24, 2.45) is 0 Å². The molecule has 0 saturated carbocycles. The second-order valence-corrected chi connectivity index (χ2v) is 11.3. The lowest BCUT2D eigenvalue weighted by Gasteiger charge is -2.09. The fourth-order valence-electron chi connectivity index (χ4n) is 1.31. The maximum Gasteiger partial charge on any atom is 0.132 e. The van der Waals surface area contributed by atoms with Gasteiger partial charge < -0.3 is 4.74 Å². The van der Waals surface area contributed by atoms with Gasteiger partial charge in [-0.05, 0) is 61.3 Å². The largest absolute Gasteiger partial charge is 0.457 e. The summed E-state index contributed by atoms with van der Waals surface area (Å²) in [6.45, 7) is 0. The molecule has 0 unspecified atom stereocenters. The maximum absolute atomic E-state index is 13.5. The molecule has 2 aromatic rings. The van der Waals surface area contributed by atoms with Crippen molar-refractivity contribution < 1.29 is 9.13 Å². The van der Waals surface area contributed by atoms with E-state index in [9.17, 15) is 4.39 Å². The number of rotatable bonds is 3. The molecule has 0 aliphatic rings. The smallest absolute Gasteiger partial charge is 0.132 e. The number of halogens is 3. The quantitative estimate of drug-likeness (QED) is 0.655. The summed E-state index contributed by atoms with van der Waals surface area (Å²) in [5, 5.41) is -0.260. The van der Waals surface area contributed by atoms with Crippen LogP contribution >= 0.6 is 36.3 Å². The Balaban J connectivity index is 2.26. The minimum absolute atomic E-state index is 0.245. The lowest BCUT2D eigenvalue weighted by Crippen LogP contribution is -2.01. The van der Waals surface area contributed by atoms with Crippen molar-refractivity contribution in [3.05, 3.63) is 54.3 Å². The molecule has 0 amide bonds. The molecule has 1 nitrogen and oxygen atoms in total. The van der Waals surface area contributed by atoms with Crippen molar-refractivity contribution in [2.75, 3.05) is 0 Å². The summed E-state index contributed by atoms with van der Waals surface area (Å²) in [5.41, 5.74) is 0. The van der Waals surface area contributed by atoms with Crippen molar-refractivity contribution in [2.45, 2.75) is 0 Å². The number of hydrogen-bond donors (Lipinski definition) is 0. The summed E-state index contributed by atoms with van der Waals surface area (Å²) in [6, 6.07) is 14.1. The first-order valence-corrected chi connectivity index (χ1v) is 10.2. The van der Waals surface area contributed by atoms with Gasteiger partial charge in [0.2, 0.25) is 0 Å². The molecule has 5 heteroatoms. The molecule has 88 valence electrons. The molecule has 0 bridgehead atoms. The van der Waals surface area contributed by atoms with Crippen LogP contribution in [0.25, 0.3) is 0 Å². The van der Waals surface area contributed by atoms with Crippen LogP contribution in [0.15, 0.2) is 48.5 Å². The molecular formula is C12H8Br2FOP. The van der Waals surface area contributed by atoms with Crippen LogP contribution in [-0.2, 0) is 0 Å². The normalized spacial score (nSPS) is 10.6. The molecule has 0 aliphatic heterocycles. The Kier molecular flexibility index (Phi) is 4.55. The Labute approximate surface area is 116 Å². The Morgan fingerprint density at radius 2 is 1.65 bits per heavy atom. The second kappa shape index (κ2) is 5.94. The van der Waals surface area contributed by atoms with E-state index in [-0.39, 0.29) is 5.82 Å². The highest BCUT2D eigenvalue weighted by Gasteiger charge is 2.11. The highest BCUT2D eigenvalue weighted by Crippen LogP contribution is 2.51. The van der Waals surface area contributed by atoms with Crippen molar-refractivity contribution in [3.8, 4) is 11.5 Å². The zero-order chi connectivity index (χ0) is 12.3. The summed E-state index contributed by atoms with van der Waals surface area (Å²) in [5.74, 6) is 1.11. The summed E-state index contributed by atoms with van der Waals surface area (Å²) >= 11 is 6.68. The van der Waals surface area contributed by atoms with Crippen LogP contribution in [0.5, 0.6) is 11.5 Å². The average molecular weight is 378 g/mol. The van der Waals surface area contributed by atoms with Gasteiger partial charge >= 0.3 is 0 Å². The minimum Gasteiger partial charge on any atom is -0.457 e. The predicted molar refractivity (Wildman–Crippen MR) is 77.3 cm³/mol. The van der Waals surface area contributed by atoms with E-state index in [1.807, 2.05) is 30.3 Å². The molecule has 0 heterocycles. The standard InChI is InChI=1S/C12H8Br2FOP/c13-17(14)12-8-10(6-7-11(12)15)16-9-4-2-1-3-5-9/h1-8H. The van der Waals surface area contributed by atoms with Crippen LogP contribution < -0.4 is 10.0 Å². The van der Waals surface area contributed by atoms with Crippen molar-refractivity contribution in [3.63, 3.8) is 0 Å². The molecule has 0 atom stereocenters. The molecule has 2 rings (SSSR count). The molecule has 0 spiro atoms. The van der Waals surface area contributed by atoms with Crippen LogP contribution in [0.1, 0.15) is 0 Å². The van der Waals surface area contributed by atoms with Crippen LogP contribution in [0, 0.1) is 5.82 Å². The van der Waals surface area contributed by atoms with E-state index >= 15 is 0 Å². The van der Waals surface area contributed by atoms with Crippen LogP contribution in [-0.4, -0.2) is 0 Å². The Morgan fingerprint density at radius 3 is 2.29 bits per heavy atom. The van der Waals surface area contributed by atoms with E-state index in [0.717, 1.165) is 5.75 Å². The summed E-state index contributed by atoms with van der Waals surface area (Å²) < 4.78 is 19.1. The van der Waals surface area contributed by atoms with E-state index in [0.29, 0.717) is 11.1 Å². The van der Waals surface area contributed by atoms with Gasteiger partial charge in [0.1, 0.15) is 17.3 Å². The predicted octanol–water partition coefficient (Wildman–Crippen LogP) is 5.35. The lowest BCUT2D eigenvalue weighted by molar-refractivity contribution is 0.481. The summed E-state index contributed by atoms with van der Waals surface area (Å²) in [6.07, 6.45) is 0. The molecule has 2 aromatic carbocycles. The van der Waals surface area contributed by atoms with E-state index in [1.54, 1.807) is 12.1 Å². The number of hydrogen-bond acceptors (Lipinski definition) is 1. The van der Waals surface area contributed by atoms with E-state index in [1.165, 1.54) is 6.07 Å². The highest BCUT2D eigenvalue weighted by atomic mass is 79.9. The third-order valence-electron chi connectivity index (χ3n) is 2.08. The Bertz CT molecular complexity index is 505. The Morgan fingerprint density at radius 1 is 0.941 bits per heavy atom. The summed E-state index contributed by atoms with van der Waals surface area (Å²) in [7, 11) is 0. The van der Waals surface area contributed by atoms with E-state index < -0.39 is 5.33 Å². The molecule has 0 aromatic heterocycles. The molecule has 17 heavy (non-hydrogen) atoms. The first kappa shape index (κ1) is 13.0. The second-order valence-electron chi connectivity index (χ2n) is 3.26. The zero-order valence-corrected chi connectivity index (χ0v) is 12.7. The van der Waals surface area contributed by atoms with Crippen molar-refractivity contribution in [1.29, 1.82) is 0 Å². The van der Waals surface area contributed by atoms with Gasteiger partial charge in [-0.25, -0.2) is 4.39 Å². The third kappa shape index (κ3) is 3.51. The SMILES string of the molecule is Fc1ccc(Oc2ccccc2)cc1P(Br)Br. The van der Waals surface area contributed by atoms with Gasteiger partial charge in [-0.1, -0.05) is 18.2 Å². The maximum atomic E-state index is 13.5. The lowest BCUT2D eigenvalue weighted by atomic mass is 10.3. The van der Waals surface area contributed by atoms with Crippen molar-refractivity contribution in [1.82, 2.24) is 0 Å². The first-order valence-electron chi connectivity index (χ1n) is 4.81. The van der Waals surface area contributed by atoms with Crippen LogP contribution in [0.3, 0.4) is 0 Å². The zero-order valence-electron chi connectivity index (χ0n) is 8.61. The van der Waals surface area contributed by atoms with Gasteiger partial charge in [0, 0.05) is 5.30 Å². The number of para-hydroxylation sites is 1. The molecule has 0 saturated heterocycles. The third-order valence-corrected chi connectivity index (χ3v) is 5.08. The topological polar surface area (TPSA) is 9.23 Å². The number of ether oxygens (including phenoxy) is 1. The van der Waals surface area contributed by atoms with Gasteiger partial charge in [-0.2, -0.15) is 0 Å². The van der Waals surface area contributed by atoms with Gasteiger partial charge in [-0.3, -0.25) is 0 Å². The van der Waals surface area contributed by atoms with Gasteiger partial charge in [-0.15, -0.1) is 0 Å². The Hall–Kier alpha value is -0.440. The van der Waals surface area contributed by atoms with Gasteiger partial charge in [0.15, 0.2) is 0 Å². The molecular weight excluding hydrogens is 370 g/mol. The van der Waals surface area contributed by atoms with Gasteiger partial charge in [0.25, 0.3) is 0 Å².